The van der Waals surface area contributed by atoms with E-state index in [1.165, 1.54) is 12.1 Å². The molecule has 0 radical (unpaired) electrons. The van der Waals surface area contributed by atoms with Crippen molar-refractivity contribution in [2.45, 2.75) is 25.3 Å². The molecule has 1 saturated carbocycles. The zero-order valence-corrected chi connectivity index (χ0v) is 10.8. The Balaban J connectivity index is 2.15. The van der Waals surface area contributed by atoms with Crippen LogP contribution < -0.4 is 0 Å². The quantitative estimate of drug-likeness (QED) is 0.843. The van der Waals surface area contributed by atoms with Crippen LogP contribution in [0.2, 0.25) is 0 Å². The van der Waals surface area contributed by atoms with Crippen molar-refractivity contribution in [3.8, 4) is 11.8 Å². The molecule has 1 aromatic carbocycles. The lowest BCUT2D eigenvalue weighted by molar-refractivity contribution is 0.0780. The van der Waals surface area contributed by atoms with Gasteiger partial charge >= 0.3 is 0 Å². The molecular formula is C15H16FNO2. The van der Waals surface area contributed by atoms with Gasteiger partial charge in [-0.25, -0.2) is 4.39 Å². The average molecular weight is 261 g/mol. The number of hydrogen-bond acceptors (Lipinski definition) is 2. The van der Waals surface area contributed by atoms with E-state index in [0.717, 1.165) is 12.8 Å². The molecule has 0 spiro atoms. The van der Waals surface area contributed by atoms with Gasteiger partial charge in [-0.05, 0) is 31.0 Å². The van der Waals surface area contributed by atoms with Gasteiger partial charge in [-0.2, -0.15) is 0 Å². The van der Waals surface area contributed by atoms with Gasteiger partial charge in [0.2, 0.25) is 0 Å². The minimum atomic E-state index is -0.548. The third-order valence-corrected chi connectivity index (χ3v) is 3.08. The molecule has 1 N–H and O–H groups in total. The van der Waals surface area contributed by atoms with E-state index in [9.17, 15) is 9.18 Å². The first-order chi connectivity index (χ1) is 9.13. The Labute approximate surface area is 112 Å². The number of hydrogen-bond donors (Lipinski definition) is 1. The van der Waals surface area contributed by atoms with Gasteiger partial charge in [0.05, 0.1) is 12.2 Å². The van der Waals surface area contributed by atoms with Gasteiger partial charge in [0.25, 0.3) is 5.91 Å². The van der Waals surface area contributed by atoms with Gasteiger partial charge < -0.3 is 10.0 Å². The summed E-state index contributed by atoms with van der Waals surface area (Å²) in [4.78, 5) is 13.6. The lowest BCUT2D eigenvalue weighted by Gasteiger charge is -2.16. The number of nitrogens with zero attached hydrogens (tertiary/aromatic N) is 1. The maximum absolute atomic E-state index is 13.9. The monoisotopic (exact) mass is 261 g/mol. The molecule has 1 aromatic rings. The molecule has 1 amide bonds. The Kier molecular flexibility index (Phi) is 4.18. The van der Waals surface area contributed by atoms with Crippen LogP contribution in [0.3, 0.4) is 0 Å². The van der Waals surface area contributed by atoms with Crippen LogP contribution in [0, 0.1) is 17.7 Å². The number of carbonyl (C=O) groups is 1. The van der Waals surface area contributed by atoms with Crippen LogP contribution in [0.25, 0.3) is 0 Å². The molecule has 0 bridgehead atoms. The highest BCUT2D eigenvalue weighted by atomic mass is 19.1. The van der Waals surface area contributed by atoms with Crippen LogP contribution in [-0.4, -0.2) is 35.6 Å². The van der Waals surface area contributed by atoms with Crippen LogP contribution in [0.1, 0.15) is 35.2 Å². The van der Waals surface area contributed by atoms with E-state index in [4.69, 9.17) is 5.11 Å². The summed E-state index contributed by atoms with van der Waals surface area (Å²) in [7, 11) is 1.70. The number of aliphatic hydroxyl groups excluding tert-OH is 1. The highest BCUT2D eigenvalue weighted by molar-refractivity contribution is 5.94. The van der Waals surface area contributed by atoms with Gasteiger partial charge in [-0.3, -0.25) is 4.79 Å². The number of carbonyl (C=O) groups excluding carboxylic acids is 1. The molecule has 0 unspecified atom stereocenters. The van der Waals surface area contributed by atoms with Crippen molar-refractivity contribution in [2.75, 3.05) is 13.7 Å². The van der Waals surface area contributed by atoms with Crippen molar-refractivity contribution < 1.29 is 14.3 Å². The minimum Gasteiger partial charge on any atom is -0.395 e. The molecule has 0 saturated heterocycles. The first kappa shape index (κ1) is 13.6. The molecule has 1 fully saturated rings. The molecule has 1 aliphatic carbocycles. The second-order valence-corrected chi connectivity index (χ2v) is 4.62. The van der Waals surface area contributed by atoms with E-state index in [0.29, 0.717) is 12.0 Å². The number of aliphatic hydroxyl groups is 1. The average Bonchev–Trinajstić information content (AvgIpc) is 3.22. The summed E-state index contributed by atoms with van der Waals surface area (Å²) < 4.78 is 13.9. The van der Waals surface area contributed by atoms with Crippen LogP contribution >= 0.6 is 0 Å². The van der Waals surface area contributed by atoms with Crippen molar-refractivity contribution in [3.05, 3.63) is 35.1 Å². The van der Waals surface area contributed by atoms with Crippen molar-refractivity contribution in [1.82, 2.24) is 4.90 Å². The summed E-state index contributed by atoms with van der Waals surface area (Å²) in [6.45, 7) is -0.0156. The van der Waals surface area contributed by atoms with E-state index < -0.39 is 5.82 Å². The minimum absolute atomic E-state index is 0.0156. The fourth-order valence-corrected chi connectivity index (χ4v) is 1.80. The normalized spacial score (nSPS) is 13.6. The lowest BCUT2D eigenvalue weighted by Crippen LogP contribution is -2.29. The van der Waals surface area contributed by atoms with Crippen molar-refractivity contribution in [3.63, 3.8) is 0 Å². The van der Waals surface area contributed by atoms with E-state index in [-0.39, 0.29) is 24.1 Å². The van der Waals surface area contributed by atoms with Crippen LogP contribution in [0.15, 0.2) is 18.2 Å². The van der Waals surface area contributed by atoms with E-state index in [2.05, 4.69) is 11.8 Å². The van der Waals surface area contributed by atoms with E-state index >= 15 is 0 Å². The highest BCUT2D eigenvalue weighted by Gasteiger charge is 2.31. The second-order valence-electron chi connectivity index (χ2n) is 4.62. The van der Waals surface area contributed by atoms with Crippen LogP contribution in [-0.2, 0) is 0 Å². The third-order valence-electron chi connectivity index (χ3n) is 3.08. The zero-order chi connectivity index (χ0) is 13.8. The standard InChI is InChI=1S/C15H16FNO2/c1-17(12-6-7-12)15(19)13-8-5-11(10-14(13)16)4-2-3-9-18/h5,8,10,12,18H,3,6-7,9H2,1H3. The number of halogens is 1. The Morgan fingerprint density at radius 2 is 2.26 bits per heavy atom. The van der Waals surface area contributed by atoms with Gasteiger partial charge in [0.1, 0.15) is 5.82 Å². The topological polar surface area (TPSA) is 40.5 Å². The molecule has 0 heterocycles. The molecule has 2 rings (SSSR count). The van der Waals surface area contributed by atoms with Crippen LogP contribution in [0.4, 0.5) is 4.39 Å². The largest absolute Gasteiger partial charge is 0.395 e. The first-order valence-electron chi connectivity index (χ1n) is 6.30. The highest BCUT2D eigenvalue weighted by Crippen LogP contribution is 2.27. The van der Waals surface area contributed by atoms with Gasteiger partial charge in [-0.1, -0.05) is 11.8 Å². The molecule has 0 atom stereocenters. The molecule has 0 aliphatic heterocycles. The van der Waals surface area contributed by atoms with Crippen molar-refractivity contribution >= 4 is 5.91 Å². The Hall–Kier alpha value is -1.86. The Morgan fingerprint density at radius 3 is 2.84 bits per heavy atom. The molecule has 3 nitrogen and oxygen atoms in total. The summed E-state index contributed by atoms with van der Waals surface area (Å²) in [6.07, 6.45) is 2.34. The van der Waals surface area contributed by atoms with E-state index in [1.807, 2.05) is 0 Å². The van der Waals surface area contributed by atoms with E-state index in [1.54, 1.807) is 18.0 Å². The Bertz CT molecular complexity index is 541. The molecule has 1 aliphatic rings. The first-order valence-corrected chi connectivity index (χ1v) is 6.30. The summed E-state index contributed by atoms with van der Waals surface area (Å²) >= 11 is 0. The van der Waals surface area contributed by atoms with Gasteiger partial charge in [0, 0.05) is 25.1 Å². The maximum Gasteiger partial charge on any atom is 0.256 e. The fourth-order valence-electron chi connectivity index (χ4n) is 1.80. The maximum atomic E-state index is 13.9. The second kappa shape index (κ2) is 5.85. The van der Waals surface area contributed by atoms with Crippen LogP contribution in [0.5, 0.6) is 0 Å². The molecule has 0 aromatic heterocycles. The number of benzene rings is 1. The van der Waals surface area contributed by atoms with Gasteiger partial charge in [0.15, 0.2) is 0 Å². The summed E-state index contributed by atoms with van der Waals surface area (Å²) in [5.41, 5.74) is 0.596. The summed E-state index contributed by atoms with van der Waals surface area (Å²) in [5, 5.41) is 8.61. The molecule has 4 heteroatoms. The number of rotatable bonds is 3. The summed E-state index contributed by atoms with van der Waals surface area (Å²) in [6, 6.07) is 4.62. The fraction of sp³-hybridized carbons (Fsp3) is 0.400. The Morgan fingerprint density at radius 1 is 1.53 bits per heavy atom. The summed E-state index contributed by atoms with van der Waals surface area (Å²) in [5.74, 6) is 4.63. The SMILES string of the molecule is CN(C(=O)c1ccc(C#CCCO)cc1F)C1CC1. The van der Waals surface area contributed by atoms with Gasteiger partial charge in [-0.15, -0.1) is 0 Å². The van der Waals surface area contributed by atoms with Crippen molar-refractivity contribution in [2.24, 2.45) is 0 Å². The predicted molar refractivity (Wildman–Crippen MR) is 70.1 cm³/mol. The number of amides is 1. The smallest absolute Gasteiger partial charge is 0.256 e. The molecule has 19 heavy (non-hydrogen) atoms. The lowest BCUT2D eigenvalue weighted by atomic mass is 10.1. The zero-order valence-electron chi connectivity index (χ0n) is 10.8. The molecular weight excluding hydrogens is 245 g/mol. The molecule has 100 valence electrons. The third kappa shape index (κ3) is 3.33. The van der Waals surface area contributed by atoms with Crippen molar-refractivity contribution in [1.29, 1.82) is 0 Å². The predicted octanol–water partition coefficient (Wildman–Crippen LogP) is 1.79.